The molecular weight excluding hydrogens is 337 g/mol. The van der Waals surface area contributed by atoms with Gasteiger partial charge in [-0.1, -0.05) is 28.1 Å². The lowest BCUT2D eigenvalue weighted by molar-refractivity contribution is -0.137. The van der Waals surface area contributed by atoms with Crippen molar-refractivity contribution in [3.63, 3.8) is 0 Å². The monoisotopic (exact) mass is 348 g/mol. The number of hydrogen-bond acceptors (Lipinski definition) is 1. The SMILES string of the molecule is Cc1cc(C(Br)c2ccc(C(F)(F)F)cc2)c(C)s1. The fourth-order valence-corrected chi connectivity index (χ4v) is 3.82. The van der Waals surface area contributed by atoms with Crippen LogP contribution >= 0.6 is 27.3 Å². The van der Waals surface area contributed by atoms with Gasteiger partial charge in [-0.3, -0.25) is 0 Å². The second-order valence-electron chi connectivity index (χ2n) is 4.35. The van der Waals surface area contributed by atoms with Gasteiger partial charge in [-0.2, -0.15) is 13.2 Å². The van der Waals surface area contributed by atoms with E-state index in [4.69, 9.17) is 0 Å². The Morgan fingerprint density at radius 2 is 1.68 bits per heavy atom. The van der Waals surface area contributed by atoms with E-state index in [0.717, 1.165) is 23.3 Å². The molecule has 0 nitrogen and oxygen atoms in total. The highest BCUT2D eigenvalue weighted by atomic mass is 79.9. The molecule has 2 rings (SSSR count). The normalized spacial score (nSPS) is 13.6. The number of thiophene rings is 1. The Kier molecular flexibility index (Phi) is 4.06. The number of rotatable bonds is 2. The summed E-state index contributed by atoms with van der Waals surface area (Å²) >= 11 is 5.25. The largest absolute Gasteiger partial charge is 0.416 e. The van der Waals surface area contributed by atoms with Crippen LogP contribution in [-0.2, 0) is 6.18 Å². The average molecular weight is 349 g/mol. The van der Waals surface area contributed by atoms with Crippen molar-refractivity contribution in [1.82, 2.24) is 0 Å². The van der Waals surface area contributed by atoms with Crippen molar-refractivity contribution in [2.24, 2.45) is 0 Å². The molecule has 0 spiro atoms. The highest BCUT2D eigenvalue weighted by Gasteiger charge is 2.30. The minimum atomic E-state index is -4.28. The molecule has 0 radical (unpaired) electrons. The summed E-state index contributed by atoms with van der Waals surface area (Å²) in [5.41, 5.74) is 1.32. The summed E-state index contributed by atoms with van der Waals surface area (Å²) in [7, 11) is 0. The predicted octanol–water partition coefficient (Wildman–Crippen LogP) is 5.87. The van der Waals surface area contributed by atoms with Gasteiger partial charge in [0.2, 0.25) is 0 Å². The van der Waals surface area contributed by atoms with E-state index >= 15 is 0 Å². The molecule has 1 aromatic heterocycles. The first kappa shape index (κ1) is 14.6. The van der Waals surface area contributed by atoms with Crippen LogP contribution in [0.4, 0.5) is 13.2 Å². The van der Waals surface area contributed by atoms with Crippen LogP contribution in [-0.4, -0.2) is 0 Å². The van der Waals surface area contributed by atoms with Gasteiger partial charge in [0.05, 0.1) is 10.4 Å². The van der Waals surface area contributed by atoms with Gasteiger partial charge in [-0.25, -0.2) is 0 Å². The zero-order chi connectivity index (χ0) is 14.2. The smallest absolute Gasteiger partial charge is 0.166 e. The van der Waals surface area contributed by atoms with E-state index in [1.54, 1.807) is 11.3 Å². The van der Waals surface area contributed by atoms with Gasteiger partial charge in [0.1, 0.15) is 0 Å². The quantitative estimate of drug-likeness (QED) is 0.595. The van der Waals surface area contributed by atoms with Crippen molar-refractivity contribution in [3.8, 4) is 0 Å². The fraction of sp³-hybridized carbons (Fsp3) is 0.286. The Labute approximate surface area is 122 Å². The van der Waals surface area contributed by atoms with Gasteiger partial charge < -0.3 is 0 Å². The van der Waals surface area contributed by atoms with Gasteiger partial charge in [0.15, 0.2) is 0 Å². The lowest BCUT2D eigenvalue weighted by Crippen LogP contribution is -2.04. The second-order valence-corrected chi connectivity index (χ2v) is 6.73. The number of halogens is 4. The van der Waals surface area contributed by atoms with E-state index in [0.29, 0.717) is 0 Å². The number of aryl methyl sites for hydroxylation is 2. The summed E-state index contributed by atoms with van der Waals surface area (Å²) in [5, 5.41) is 0. The van der Waals surface area contributed by atoms with Crippen LogP contribution in [0.2, 0.25) is 0 Å². The van der Waals surface area contributed by atoms with Crippen LogP contribution < -0.4 is 0 Å². The Morgan fingerprint density at radius 3 is 2.11 bits per heavy atom. The van der Waals surface area contributed by atoms with Crippen molar-refractivity contribution in [2.75, 3.05) is 0 Å². The maximum absolute atomic E-state index is 12.5. The maximum Gasteiger partial charge on any atom is 0.416 e. The van der Waals surface area contributed by atoms with Crippen LogP contribution in [0.25, 0.3) is 0 Å². The molecule has 0 aliphatic heterocycles. The molecule has 1 aromatic carbocycles. The van der Waals surface area contributed by atoms with E-state index in [9.17, 15) is 13.2 Å². The van der Waals surface area contributed by atoms with E-state index in [2.05, 4.69) is 22.0 Å². The third kappa shape index (κ3) is 3.20. The molecule has 19 heavy (non-hydrogen) atoms. The zero-order valence-electron chi connectivity index (χ0n) is 10.4. The topological polar surface area (TPSA) is 0 Å². The Bertz CT molecular complexity index is 569. The summed E-state index contributed by atoms with van der Waals surface area (Å²) in [5.74, 6) is 0. The minimum absolute atomic E-state index is 0.0697. The Balaban J connectivity index is 2.30. The molecule has 0 bridgehead atoms. The van der Waals surface area contributed by atoms with Crippen molar-refractivity contribution in [3.05, 3.63) is 56.8 Å². The third-order valence-electron chi connectivity index (χ3n) is 2.88. The standard InChI is InChI=1S/C14H12BrF3S/c1-8-7-12(9(2)19-8)13(15)10-3-5-11(6-4-10)14(16,17)18/h3-7,13H,1-2H3. The van der Waals surface area contributed by atoms with E-state index in [-0.39, 0.29) is 4.83 Å². The number of benzene rings is 1. The van der Waals surface area contributed by atoms with Crippen LogP contribution in [0, 0.1) is 13.8 Å². The molecule has 0 aliphatic rings. The lowest BCUT2D eigenvalue weighted by atomic mass is 10.0. The maximum atomic E-state index is 12.5. The van der Waals surface area contributed by atoms with Crippen molar-refractivity contribution in [2.45, 2.75) is 24.9 Å². The molecule has 0 N–H and O–H groups in total. The highest BCUT2D eigenvalue weighted by molar-refractivity contribution is 9.09. The zero-order valence-corrected chi connectivity index (χ0v) is 12.8. The molecule has 1 atom stereocenters. The number of hydrogen-bond donors (Lipinski definition) is 0. The molecule has 0 amide bonds. The van der Waals surface area contributed by atoms with Gasteiger partial charge in [-0.05, 0) is 43.2 Å². The van der Waals surface area contributed by atoms with Crippen LogP contribution in [0.15, 0.2) is 30.3 Å². The fourth-order valence-electron chi connectivity index (χ4n) is 1.92. The molecule has 0 saturated heterocycles. The summed E-state index contributed by atoms with van der Waals surface area (Å²) in [6, 6.07) is 7.36. The third-order valence-corrected chi connectivity index (χ3v) is 4.89. The van der Waals surface area contributed by atoms with Gasteiger partial charge in [0, 0.05) is 9.75 Å². The first-order valence-corrected chi connectivity index (χ1v) is 7.40. The van der Waals surface area contributed by atoms with E-state index < -0.39 is 11.7 Å². The molecule has 0 fully saturated rings. The predicted molar refractivity (Wildman–Crippen MR) is 76.0 cm³/mol. The van der Waals surface area contributed by atoms with Crippen molar-refractivity contribution < 1.29 is 13.2 Å². The lowest BCUT2D eigenvalue weighted by Gasteiger charge is -2.12. The highest BCUT2D eigenvalue weighted by Crippen LogP contribution is 2.37. The van der Waals surface area contributed by atoms with Crippen molar-refractivity contribution in [1.29, 1.82) is 0 Å². The molecular formula is C14H12BrF3S. The van der Waals surface area contributed by atoms with Crippen LogP contribution in [0.1, 0.15) is 31.3 Å². The first-order valence-electron chi connectivity index (χ1n) is 5.67. The Morgan fingerprint density at radius 1 is 1.11 bits per heavy atom. The van der Waals surface area contributed by atoms with Crippen LogP contribution in [0.5, 0.6) is 0 Å². The van der Waals surface area contributed by atoms with E-state index in [1.807, 2.05) is 13.8 Å². The first-order chi connectivity index (χ1) is 8.79. The molecule has 0 aliphatic carbocycles. The number of alkyl halides is 4. The van der Waals surface area contributed by atoms with Gasteiger partial charge in [-0.15, -0.1) is 11.3 Å². The molecule has 1 unspecified atom stereocenters. The second kappa shape index (κ2) is 5.29. The molecule has 5 heteroatoms. The summed E-state index contributed by atoms with van der Waals surface area (Å²) in [6.07, 6.45) is -4.28. The summed E-state index contributed by atoms with van der Waals surface area (Å²) in [4.78, 5) is 2.31. The molecule has 102 valence electrons. The van der Waals surface area contributed by atoms with E-state index in [1.165, 1.54) is 21.9 Å². The van der Waals surface area contributed by atoms with Gasteiger partial charge in [0.25, 0.3) is 0 Å². The molecule has 1 heterocycles. The molecule has 2 aromatic rings. The average Bonchev–Trinajstić information content (AvgIpc) is 2.66. The summed E-state index contributed by atoms with van der Waals surface area (Å²) in [6.45, 7) is 4.04. The Hall–Kier alpha value is -0.810. The van der Waals surface area contributed by atoms with Crippen LogP contribution in [0.3, 0.4) is 0 Å². The summed E-state index contributed by atoms with van der Waals surface area (Å²) < 4.78 is 37.5. The minimum Gasteiger partial charge on any atom is -0.166 e. The van der Waals surface area contributed by atoms with Crippen molar-refractivity contribution >= 4 is 27.3 Å². The van der Waals surface area contributed by atoms with Gasteiger partial charge >= 0.3 is 6.18 Å². The molecule has 0 saturated carbocycles.